The number of nitrogens with zero attached hydrogens (tertiary/aromatic N) is 2. The van der Waals surface area contributed by atoms with Gasteiger partial charge in [0, 0.05) is 31.6 Å². The number of carbonyl (C=O) groups is 1. The van der Waals surface area contributed by atoms with Gasteiger partial charge in [0.05, 0.1) is 6.54 Å². The molecule has 1 unspecified atom stereocenters. The Balaban J connectivity index is 1.33. The van der Waals surface area contributed by atoms with Crippen molar-refractivity contribution in [3.05, 3.63) is 34.9 Å². The highest BCUT2D eigenvalue weighted by Crippen LogP contribution is 2.28. The van der Waals surface area contributed by atoms with Crippen molar-refractivity contribution in [1.29, 1.82) is 0 Å². The summed E-state index contributed by atoms with van der Waals surface area (Å²) in [5.41, 5.74) is 4.29. The van der Waals surface area contributed by atoms with E-state index in [2.05, 4.69) is 40.7 Å². The van der Waals surface area contributed by atoms with Crippen LogP contribution in [-0.2, 0) is 24.2 Å². The third kappa shape index (κ3) is 4.50. The minimum absolute atomic E-state index is 0.278. The van der Waals surface area contributed by atoms with Gasteiger partial charge in [-0.3, -0.25) is 4.79 Å². The Bertz CT molecular complexity index is 723. The number of aliphatic imine (C=N–C) groups is 1. The molecule has 2 fully saturated rings. The summed E-state index contributed by atoms with van der Waals surface area (Å²) in [4.78, 5) is 19.5. The van der Waals surface area contributed by atoms with Crippen molar-refractivity contribution in [3.8, 4) is 0 Å². The zero-order valence-electron chi connectivity index (χ0n) is 17.2. The number of aryl methyl sites for hydroxylation is 2. The quantitative estimate of drug-likeness (QED) is 0.608. The van der Waals surface area contributed by atoms with E-state index in [1.807, 2.05) is 0 Å². The van der Waals surface area contributed by atoms with Crippen LogP contribution in [-0.4, -0.2) is 42.4 Å². The molecule has 0 spiro atoms. The van der Waals surface area contributed by atoms with Gasteiger partial charge in [-0.25, -0.2) is 4.99 Å². The molecule has 4 rings (SSSR count). The Morgan fingerprint density at radius 2 is 1.96 bits per heavy atom. The van der Waals surface area contributed by atoms with Gasteiger partial charge < -0.3 is 15.5 Å². The second-order valence-electron chi connectivity index (χ2n) is 8.55. The summed E-state index contributed by atoms with van der Waals surface area (Å²) in [6.45, 7) is 5.31. The van der Waals surface area contributed by atoms with E-state index in [0.717, 1.165) is 44.9 Å². The van der Waals surface area contributed by atoms with Gasteiger partial charge in [0.2, 0.25) is 5.91 Å². The topological polar surface area (TPSA) is 56.7 Å². The Morgan fingerprint density at radius 3 is 2.79 bits per heavy atom. The molecule has 1 aliphatic heterocycles. The van der Waals surface area contributed by atoms with Gasteiger partial charge >= 0.3 is 0 Å². The molecule has 0 bridgehead atoms. The van der Waals surface area contributed by atoms with Crippen LogP contribution in [0, 0.1) is 5.92 Å². The Labute approximate surface area is 169 Å². The molecule has 1 heterocycles. The molecule has 152 valence electrons. The van der Waals surface area contributed by atoms with E-state index >= 15 is 0 Å². The largest absolute Gasteiger partial charge is 0.357 e. The first-order valence-corrected chi connectivity index (χ1v) is 11.2. The summed E-state index contributed by atoms with van der Waals surface area (Å²) in [6.07, 6.45) is 9.30. The Kier molecular flexibility index (Phi) is 6.18. The standard InChI is InChI=1S/C23H34N4O/c1-2-24-23(25-15-17-10-11-18-8-5-9-20(18)14-17)26-21-12-13-27(16-21)22(28)19-6-3-4-7-19/h10-11,14,19,21H,2-9,12-13,15-16H2,1H3,(H2,24,25,26). The van der Waals surface area contributed by atoms with E-state index in [-0.39, 0.29) is 5.92 Å². The summed E-state index contributed by atoms with van der Waals surface area (Å²) >= 11 is 0. The molecule has 28 heavy (non-hydrogen) atoms. The fraction of sp³-hybridized carbons (Fsp3) is 0.652. The Morgan fingerprint density at radius 1 is 1.14 bits per heavy atom. The average molecular weight is 383 g/mol. The van der Waals surface area contributed by atoms with Crippen LogP contribution in [0.2, 0.25) is 0 Å². The number of amides is 1. The monoisotopic (exact) mass is 382 g/mol. The SMILES string of the molecule is CCNC(=NCc1ccc2c(c1)CCC2)NC1CCN(C(=O)C2CCCC2)C1. The summed E-state index contributed by atoms with van der Waals surface area (Å²) < 4.78 is 0. The van der Waals surface area contributed by atoms with Crippen molar-refractivity contribution in [2.75, 3.05) is 19.6 Å². The van der Waals surface area contributed by atoms with Gasteiger partial charge in [0.15, 0.2) is 5.96 Å². The minimum Gasteiger partial charge on any atom is -0.357 e. The molecule has 1 saturated heterocycles. The number of guanidine groups is 1. The first-order chi connectivity index (χ1) is 13.7. The molecule has 5 heteroatoms. The molecule has 1 aromatic carbocycles. The van der Waals surface area contributed by atoms with Crippen LogP contribution in [0.15, 0.2) is 23.2 Å². The number of carbonyl (C=O) groups excluding carboxylic acids is 1. The van der Waals surface area contributed by atoms with Crippen molar-refractivity contribution in [2.24, 2.45) is 10.9 Å². The summed E-state index contributed by atoms with van der Waals surface area (Å²) in [6, 6.07) is 7.11. The molecule has 1 atom stereocenters. The molecule has 3 aliphatic rings. The van der Waals surface area contributed by atoms with E-state index < -0.39 is 0 Å². The first-order valence-electron chi connectivity index (χ1n) is 11.2. The minimum atomic E-state index is 0.278. The average Bonchev–Trinajstić information content (AvgIpc) is 3.46. The number of hydrogen-bond acceptors (Lipinski definition) is 2. The molecule has 2 aliphatic carbocycles. The summed E-state index contributed by atoms with van der Waals surface area (Å²) in [7, 11) is 0. The number of likely N-dealkylation sites (tertiary alicyclic amines) is 1. The normalized spacial score (nSPS) is 22.5. The van der Waals surface area contributed by atoms with Gasteiger partial charge in [-0.05, 0) is 62.1 Å². The smallest absolute Gasteiger partial charge is 0.225 e. The number of hydrogen-bond donors (Lipinski definition) is 2. The third-order valence-corrected chi connectivity index (χ3v) is 6.47. The molecular weight excluding hydrogens is 348 g/mol. The summed E-state index contributed by atoms with van der Waals surface area (Å²) in [5.74, 6) is 1.52. The maximum Gasteiger partial charge on any atom is 0.225 e. The van der Waals surface area contributed by atoms with Crippen LogP contribution in [0.4, 0.5) is 0 Å². The highest BCUT2D eigenvalue weighted by molar-refractivity contribution is 5.81. The maximum absolute atomic E-state index is 12.7. The Hall–Kier alpha value is -2.04. The number of nitrogens with one attached hydrogen (secondary N) is 2. The van der Waals surface area contributed by atoms with Crippen molar-refractivity contribution in [1.82, 2.24) is 15.5 Å². The van der Waals surface area contributed by atoms with E-state index in [4.69, 9.17) is 4.99 Å². The van der Waals surface area contributed by atoms with E-state index in [1.54, 1.807) is 0 Å². The fourth-order valence-corrected chi connectivity index (χ4v) is 4.92. The van der Waals surface area contributed by atoms with Gasteiger partial charge in [0.1, 0.15) is 0 Å². The van der Waals surface area contributed by atoms with Gasteiger partial charge in [0.25, 0.3) is 0 Å². The lowest BCUT2D eigenvalue weighted by Crippen LogP contribution is -2.45. The van der Waals surface area contributed by atoms with Crippen LogP contribution >= 0.6 is 0 Å². The van der Waals surface area contributed by atoms with Crippen molar-refractivity contribution < 1.29 is 4.79 Å². The van der Waals surface area contributed by atoms with Crippen molar-refractivity contribution in [2.45, 2.75) is 70.9 Å². The van der Waals surface area contributed by atoms with Crippen LogP contribution in [0.5, 0.6) is 0 Å². The lowest BCUT2D eigenvalue weighted by atomic mass is 10.1. The van der Waals surface area contributed by atoms with E-state index in [0.29, 0.717) is 18.5 Å². The fourth-order valence-electron chi connectivity index (χ4n) is 4.92. The predicted molar refractivity (Wildman–Crippen MR) is 113 cm³/mol. The maximum atomic E-state index is 12.7. The highest BCUT2D eigenvalue weighted by atomic mass is 16.2. The molecule has 0 radical (unpaired) electrons. The molecular formula is C23H34N4O. The molecule has 0 aromatic heterocycles. The number of benzene rings is 1. The summed E-state index contributed by atoms with van der Waals surface area (Å²) in [5, 5.41) is 6.93. The first kappa shape index (κ1) is 19.3. The zero-order chi connectivity index (χ0) is 19.3. The molecule has 5 nitrogen and oxygen atoms in total. The lowest BCUT2D eigenvalue weighted by molar-refractivity contribution is -0.134. The highest BCUT2D eigenvalue weighted by Gasteiger charge is 2.32. The third-order valence-electron chi connectivity index (χ3n) is 6.47. The molecule has 1 aromatic rings. The molecule has 1 saturated carbocycles. The van der Waals surface area contributed by atoms with Crippen LogP contribution in [0.25, 0.3) is 0 Å². The number of fused-ring (bicyclic) bond motifs is 1. The van der Waals surface area contributed by atoms with Gasteiger partial charge in [-0.1, -0.05) is 31.0 Å². The second-order valence-corrected chi connectivity index (χ2v) is 8.55. The van der Waals surface area contributed by atoms with Crippen LogP contribution in [0.1, 0.15) is 62.1 Å². The van der Waals surface area contributed by atoms with Crippen molar-refractivity contribution in [3.63, 3.8) is 0 Å². The van der Waals surface area contributed by atoms with Gasteiger partial charge in [-0.2, -0.15) is 0 Å². The van der Waals surface area contributed by atoms with E-state index in [9.17, 15) is 4.79 Å². The zero-order valence-corrected chi connectivity index (χ0v) is 17.2. The van der Waals surface area contributed by atoms with Crippen LogP contribution < -0.4 is 10.6 Å². The molecule has 1 amide bonds. The van der Waals surface area contributed by atoms with E-state index in [1.165, 1.54) is 48.8 Å². The number of rotatable bonds is 5. The van der Waals surface area contributed by atoms with Gasteiger partial charge in [-0.15, -0.1) is 0 Å². The second kappa shape index (κ2) is 8.97. The van der Waals surface area contributed by atoms with Crippen molar-refractivity contribution >= 4 is 11.9 Å². The molecule has 2 N–H and O–H groups in total. The predicted octanol–water partition coefficient (Wildman–Crippen LogP) is 3.02. The lowest BCUT2D eigenvalue weighted by Gasteiger charge is -2.21. The van der Waals surface area contributed by atoms with Crippen LogP contribution in [0.3, 0.4) is 0 Å².